The predicted octanol–water partition coefficient (Wildman–Crippen LogP) is 4.35. The number of esters is 1. The van der Waals surface area contributed by atoms with Crippen molar-refractivity contribution < 1.29 is 14.3 Å². The normalized spacial score (nSPS) is 17.8. The highest BCUT2D eigenvalue weighted by atomic mass is 32.1. The van der Waals surface area contributed by atoms with Crippen LogP contribution in [-0.2, 0) is 16.0 Å². The van der Waals surface area contributed by atoms with Crippen LogP contribution in [0.1, 0.15) is 53.5 Å². The van der Waals surface area contributed by atoms with Crippen molar-refractivity contribution in [2.45, 2.75) is 52.1 Å². The van der Waals surface area contributed by atoms with Crippen LogP contribution in [0.25, 0.3) is 10.6 Å². The lowest BCUT2D eigenvalue weighted by molar-refractivity contribution is -0.129. The van der Waals surface area contributed by atoms with Crippen LogP contribution in [0.5, 0.6) is 0 Å². The van der Waals surface area contributed by atoms with E-state index in [1.165, 1.54) is 16.9 Å². The van der Waals surface area contributed by atoms with Gasteiger partial charge in [0.25, 0.3) is 0 Å². The summed E-state index contributed by atoms with van der Waals surface area (Å²) in [5, 5.41) is 0.803. The number of carbonyl (C=O) groups is 2. The number of rotatable bonds is 4. The quantitative estimate of drug-likeness (QED) is 0.775. The zero-order chi connectivity index (χ0) is 17.1. The number of hydrogen-bond donors (Lipinski definition) is 0. The van der Waals surface area contributed by atoms with Crippen LogP contribution in [0.15, 0.2) is 24.3 Å². The molecule has 1 atom stereocenters. The molecule has 1 aliphatic rings. The Bertz CT molecular complexity index is 748. The molecular weight excluding hydrogens is 322 g/mol. The summed E-state index contributed by atoms with van der Waals surface area (Å²) >= 11 is 1.33. The average molecular weight is 343 g/mol. The smallest absolute Gasteiger partial charge is 0.350 e. The number of carbonyl (C=O) groups excluding carboxylic acids is 2. The van der Waals surface area contributed by atoms with Crippen LogP contribution in [0.4, 0.5) is 0 Å². The van der Waals surface area contributed by atoms with E-state index in [9.17, 15) is 9.59 Å². The van der Waals surface area contributed by atoms with Crippen molar-refractivity contribution in [1.82, 2.24) is 4.98 Å². The molecule has 0 aliphatic heterocycles. The Morgan fingerprint density at radius 2 is 2.04 bits per heavy atom. The molecule has 3 rings (SSSR count). The highest BCUT2D eigenvalue weighted by Crippen LogP contribution is 2.29. The minimum Gasteiger partial charge on any atom is -0.450 e. The summed E-state index contributed by atoms with van der Waals surface area (Å²) in [7, 11) is 0. The van der Waals surface area contributed by atoms with Gasteiger partial charge in [0.1, 0.15) is 9.88 Å². The van der Waals surface area contributed by atoms with Crippen molar-refractivity contribution in [1.29, 1.82) is 0 Å². The van der Waals surface area contributed by atoms with Crippen molar-refractivity contribution in [3.05, 3.63) is 40.4 Å². The fourth-order valence-corrected chi connectivity index (χ4v) is 3.81. The molecule has 24 heavy (non-hydrogen) atoms. The van der Waals surface area contributed by atoms with Gasteiger partial charge in [0.05, 0.1) is 5.69 Å². The minimum absolute atomic E-state index is 0.0344. The largest absolute Gasteiger partial charge is 0.450 e. The number of benzene rings is 1. The van der Waals surface area contributed by atoms with E-state index in [1.54, 1.807) is 6.92 Å². The lowest BCUT2D eigenvalue weighted by Crippen LogP contribution is -2.30. The molecule has 0 unspecified atom stereocenters. The van der Waals surface area contributed by atoms with Crippen LogP contribution in [-0.4, -0.2) is 22.8 Å². The first-order chi connectivity index (χ1) is 11.6. The van der Waals surface area contributed by atoms with Crippen LogP contribution in [0, 0.1) is 6.92 Å². The van der Waals surface area contributed by atoms with E-state index in [0.717, 1.165) is 29.8 Å². The average Bonchev–Trinajstić information content (AvgIpc) is 2.99. The topological polar surface area (TPSA) is 56.3 Å². The van der Waals surface area contributed by atoms with Gasteiger partial charge in [-0.05, 0) is 38.2 Å². The molecule has 0 saturated heterocycles. The van der Waals surface area contributed by atoms with Gasteiger partial charge in [0.2, 0.25) is 0 Å². The van der Waals surface area contributed by atoms with E-state index in [4.69, 9.17) is 4.74 Å². The van der Waals surface area contributed by atoms with Gasteiger partial charge < -0.3 is 4.74 Å². The third kappa shape index (κ3) is 3.56. The Morgan fingerprint density at radius 3 is 2.71 bits per heavy atom. The van der Waals surface area contributed by atoms with Crippen molar-refractivity contribution >= 4 is 23.1 Å². The maximum atomic E-state index is 12.4. The fourth-order valence-electron chi connectivity index (χ4n) is 2.85. The standard InChI is InChI=1S/C19H21NO3S/c1-3-13-8-10-14(11-9-13)18-20-12(2)17(24-18)19(22)23-16-7-5-4-6-15(16)21/h8-11,16H,3-7H2,1-2H3/t16-/m0/s1. The van der Waals surface area contributed by atoms with Crippen molar-refractivity contribution in [2.75, 3.05) is 0 Å². The molecule has 4 nitrogen and oxygen atoms in total. The van der Waals surface area contributed by atoms with Crippen LogP contribution in [0.3, 0.4) is 0 Å². The van der Waals surface area contributed by atoms with Gasteiger partial charge in [0, 0.05) is 12.0 Å². The van der Waals surface area contributed by atoms with E-state index in [0.29, 0.717) is 23.4 Å². The Hall–Kier alpha value is -2.01. The summed E-state index contributed by atoms with van der Waals surface area (Å²) in [6.07, 6.45) is 3.37. The monoisotopic (exact) mass is 343 g/mol. The molecule has 1 aromatic heterocycles. The molecule has 0 amide bonds. The van der Waals surface area contributed by atoms with Gasteiger partial charge >= 0.3 is 5.97 Å². The molecule has 0 N–H and O–H groups in total. The second-order valence-electron chi connectivity index (χ2n) is 6.09. The molecule has 126 valence electrons. The fraction of sp³-hybridized carbons (Fsp3) is 0.421. The molecule has 1 fully saturated rings. The molecule has 0 spiro atoms. The first-order valence-electron chi connectivity index (χ1n) is 8.39. The summed E-state index contributed by atoms with van der Waals surface area (Å²) in [4.78, 5) is 29.3. The number of aryl methyl sites for hydroxylation is 2. The van der Waals surface area contributed by atoms with E-state index in [-0.39, 0.29) is 5.78 Å². The summed E-state index contributed by atoms with van der Waals surface area (Å²) in [5.41, 5.74) is 2.92. The van der Waals surface area contributed by atoms with Crippen LogP contribution in [0.2, 0.25) is 0 Å². The highest BCUT2D eigenvalue weighted by molar-refractivity contribution is 7.17. The van der Waals surface area contributed by atoms with Gasteiger partial charge in [-0.3, -0.25) is 4.79 Å². The maximum absolute atomic E-state index is 12.4. The molecule has 2 aromatic rings. The first-order valence-corrected chi connectivity index (χ1v) is 9.20. The predicted molar refractivity (Wildman–Crippen MR) is 94.3 cm³/mol. The second-order valence-corrected chi connectivity index (χ2v) is 7.09. The van der Waals surface area contributed by atoms with E-state index >= 15 is 0 Å². The number of thiazole rings is 1. The number of Topliss-reactive ketones (excluding diaryl/α,β-unsaturated/α-hetero) is 1. The zero-order valence-corrected chi connectivity index (χ0v) is 14.8. The van der Waals surface area contributed by atoms with E-state index in [1.807, 2.05) is 12.1 Å². The van der Waals surface area contributed by atoms with Gasteiger partial charge in [-0.25, -0.2) is 9.78 Å². The molecule has 5 heteroatoms. The van der Waals surface area contributed by atoms with E-state index in [2.05, 4.69) is 24.0 Å². The molecule has 1 aliphatic carbocycles. The van der Waals surface area contributed by atoms with Gasteiger partial charge in [-0.2, -0.15) is 0 Å². The number of hydrogen-bond acceptors (Lipinski definition) is 5. The van der Waals surface area contributed by atoms with Gasteiger partial charge in [0.15, 0.2) is 11.9 Å². The number of ether oxygens (including phenoxy) is 1. The van der Waals surface area contributed by atoms with Crippen LogP contribution >= 0.6 is 11.3 Å². The van der Waals surface area contributed by atoms with Crippen molar-refractivity contribution in [3.63, 3.8) is 0 Å². The maximum Gasteiger partial charge on any atom is 0.350 e. The molecule has 1 heterocycles. The Balaban J connectivity index is 1.77. The van der Waals surface area contributed by atoms with Gasteiger partial charge in [-0.1, -0.05) is 31.2 Å². The molecule has 0 bridgehead atoms. The number of ketones is 1. The Kier molecular flexibility index (Phi) is 5.09. The Morgan fingerprint density at radius 1 is 1.29 bits per heavy atom. The molecular formula is C19H21NO3S. The zero-order valence-electron chi connectivity index (χ0n) is 14.0. The molecule has 1 aromatic carbocycles. The SMILES string of the molecule is CCc1ccc(-c2nc(C)c(C(=O)O[C@H]3CCCCC3=O)s2)cc1. The summed E-state index contributed by atoms with van der Waals surface area (Å²) in [6.45, 7) is 3.92. The highest BCUT2D eigenvalue weighted by Gasteiger charge is 2.28. The second kappa shape index (κ2) is 7.26. The molecule has 0 radical (unpaired) electrons. The minimum atomic E-state index is -0.583. The van der Waals surface area contributed by atoms with Crippen molar-refractivity contribution in [3.8, 4) is 10.6 Å². The number of nitrogens with zero attached hydrogens (tertiary/aromatic N) is 1. The molecule has 1 saturated carbocycles. The van der Waals surface area contributed by atoms with E-state index < -0.39 is 12.1 Å². The lowest BCUT2D eigenvalue weighted by Gasteiger charge is -2.20. The van der Waals surface area contributed by atoms with Crippen molar-refractivity contribution in [2.24, 2.45) is 0 Å². The third-order valence-corrected chi connectivity index (χ3v) is 5.53. The first kappa shape index (κ1) is 16.8. The number of aromatic nitrogens is 1. The van der Waals surface area contributed by atoms with Gasteiger partial charge in [-0.15, -0.1) is 11.3 Å². The summed E-state index contributed by atoms with van der Waals surface area (Å²) in [6, 6.07) is 8.20. The Labute approximate surface area is 145 Å². The summed E-state index contributed by atoms with van der Waals surface area (Å²) in [5.74, 6) is -0.395. The summed E-state index contributed by atoms with van der Waals surface area (Å²) < 4.78 is 5.44. The lowest BCUT2D eigenvalue weighted by atomic mass is 9.96. The third-order valence-electron chi connectivity index (χ3n) is 4.34. The van der Waals surface area contributed by atoms with Crippen LogP contribution < -0.4 is 0 Å².